The van der Waals surface area contributed by atoms with E-state index in [2.05, 4.69) is 19.6 Å². The number of halogens is 3. The number of thioether (sulfide) groups is 1. The van der Waals surface area contributed by atoms with Gasteiger partial charge in [0.2, 0.25) is 5.82 Å². The van der Waals surface area contributed by atoms with Crippen LogP contribution in [0.2, 0.25) is 0 Å². The molecular formula is C15H10F3N3O2S2. The van der Waals surface area contributed by atoms with Gasteiger partial charge in [-0.2, -0.15) is 18.2 Å². The summed E-state index contributed by atoms with van der Waals surface area (Å²) in [5, 5.41) is 5.21. The van der Waals surface area contributed by atoms with Gasteiger partial charge in [0, 0.05) is 22.2 Å². The first-order valence-electron chi connectivity index (χ1n) is 6.92. The number of aryl methyl sites for hydroxylation is 1. The van der Waals surface area contributed by atoms with Gasteiger partial charge < -0.3 is 4.52 Å². The lowest BCUT2D eigenvalue weighted by molar-refractivity contribution is -0.159. The largest absolute Gasteiger partial charge is 0.471 e. The first kappa shape index (κ1) is 17.6. The molecule has 3 rings (SSSR count). The molecule has 130 valence electrons. The summed E-state index contributed by atoms with van der Waals surface area (Å²) in [6.07, 6.45) is -4.69. The highest BCUT2D eigenvalue weighted by Gasteiger charge is 2.38. The molecule has 1 aromatic carbocycles. The lowest BCUT2D eigenvalue weighted by atomic mass is 10.1. The van der Waals surface area contributed by atoms with E-state index in [9.17, 15) is 18.0 Å². The molecule has 0 N–H and O–H groups in total. The van der Waals surface area contributed by atoms with Gasteiger partial charge in [-0.15, -0.1) is 11.3 Å². The molecule has 3 aromatic rings. The standard InChI is InChI=1S/C15H10F3N3O2S2/c1-8-6-24-14(19-8)25-7-11(22)9-2-4-10(5-3-9)12-20-13(23-21-12)15(16,17)18/h2-6H,7H2,1H3. The Hall–Kier alpha value is -2.20. The predicted molar refractivity (Wildman–Crippen MR) is 86.6 cm³/mol. The minimum Gasteiger partial charge on any atom is -0.329 e. The van der Waals surface area contributed by atoms with Crippen molar-refractivity contribution in [3.8, 4) is 11.4 Å². The molecule has 0 saturated carbocycles. The monoisotopic (exact) mass is 385 g/mol. The fraction of sp³-hybridized carbons (Fsp3) is 0.200. The third-order valence-electron chi connectivity index (χ3n) is 3.06. The van der Waals surface area contributed by atoms with Crippen LogP contribution in [-0.4, -0.2) is 26.7 Å². The number of hydrogen-bond acceptors (Lipinski definition) is 7. The quantitative estimate of drug-likeness (QED) is 0.476. The zero-order valence-electron chi connectivity index (χ0n) is 12.7. The van der Waals surface area contributed by atoms with E-state index in [1.165, 1.54) is 47.4 Å². The molecule has 2 heterocycles. The Labute approximate surface area is 148 Å². The van der Waals surface area contributed by atoms with Crippen molar-refractivity contribution in [2.24, 2.45) is 0 Å². The Balaban J connectivity index is 1.67. The van der Waals surface area contributed by atoms with Crippen molar-refractivity contribution in [3.63, 3.8) is 0 Å². The highest BCUT2D eigenvalue weighted by molar-refractivity contribution is 8.01. The molecule has 0 radical (unpaired) electrons. The third kappa shape index (κ3) is 4.26. The number of hydrogen-bond donors (Lipinski definition) is 0. The normalized spacial score (nSPS) is 11.7. The van der Waals surface area contributed by atoms with Crippen molar-refractivity contribution >= 4 is 28.9 Å². The Kier molecular flexibility index (Phi) is 4.91. The van der Waals surface area contributed by atoms with Crippen LogP contribution in [0.15, 0.2) is 38.5 Å². The lowest BCUT2D eigenvalue weighted by Crippen LogP contribution is -2.05. The van der Waals surface area contributed by atoms with E-state index in [0.29, 0.717) is 11.1 Å². The number of Topliss-reactive ketones (excluding diaryl/α,β-unsaturated/α-hetero) is 1. The summed E-state index contributed by atoms with van der Waals surface area (Å²) < 4.78 is 42.4. The van der Waals surface area contributed by atoms with Crippen molar-refractivity contribution in [1.29, 1.82) is 0 Å². The molecule has 25 heavy (non-hydrogen) atoms. The van der Waals surface area contributed by atoms with E-state index in [1.54, 1.807) is 0 Å². The summed E-state index contributed by atoms with van der Waals surface area (Å²) in [6, 6.07) is 6.01. The molecule has 5 nitrogen and oxygen atoms in total. The van der Waals surface area contributed by atoms with Crippen LogP contribution in [-0.2, 0) is 6.18 Å². The zero-order chi connectivity index (χ0) is 18.0. The number of benzene rings is 1. The number of aromatic nitrogens is 3. The topological polar surface area (TPSA) is 68.9 Å². The van der Waals surface area contributed by atoms with E-state index in [4.69, 9.17) is 0 Å². The minimum absolute atomic E-state index is 0.103. The number of carbonyl (C=O) groups excluding carboxylic acids is 1. The van der Waals surface area contributed by atoms with Crippen LogP contribution in [0, 0.1) is 6.92 Å². The Bertz CT molecular complexity index is 888. The van der Waals surface area contributed by atoms with E-state index < -0.39 is 12.1 Å². The first-order valence-corrected chi connectivity index (χ1v) is 8.79. The molecule has 0 unspecified atom stereocenters. The van der Waals surface area contributed by atoms with Crippen molar-refractivity contribution in [1.82, 2.24) is 15.1 Å². The van der Waals surface area contributed by atoms with E-state index >= 15 is 0 Å². The summed E-state index contributed by atoms with van der Waals surface area (Å²) in [5.41, 5.74) is 1.69. The second-order valence-corrected chi connectivity index (χ2v) is 7.05. The second-order valence-electron chi connectivity index (χ2n) is 4.96. The van der Waals surface area contributed by atoms with Gasteiger partial charge in [0.05, 0.1) is 5.75 Å². The maximum atomic E-state index is 12.5. The molecule has 0 aliphatic rings. The second kappa shape index (κ2) is 6.96. The molecule has 2 aromatic heterocycles. The molecule has 0 bridgehead atoms. The Morgan fingerprint density at radius 3 is 2.52 bits per heavy atom. The van der Waals surface area contributed by atoms with Crippen LogP contribution in [0.3, 0.4) is 0 Å². The number of alkyl halides is 3. The van der Waals surface area contributed by atoms with Gasteiger partial charge in [-0.05, 0) is 6.92 Å². The number of ketones is 1. The highest BCUT2D eigenvalue weighted by atomic mass is 32.2. The van der Waals surface area contributed by atoms with Gasteiger partial charge in [-0.1, -0.05) is 41.2 Å². The van der Waals surface area contributed by atoms with Crippen LogP contribution in [0.5, 0.6) is 0 Å². The van der Waals surface area contributed by atoms with Crippen LogP contribution < -0.4 is 0 Å². The average molecular weight is 385 g/mol. The van der Waals surface area contributed by atoms with Gasteiger partial charge in [-0.3, -0.25) is 4.79 Å². The molecule has 0 fully saturated rings. The average Bonchev–Trinajstić information content (AvgIpc) is 3.21. The molecule has 10 heteroatoms. The number of thiazole rings is 1. The summed E-state index contributed by atoms with van der Waals surface area (Å²) in [4.78, 5) is 19.7. The van der Waals surface area contributed by atoms with Gasteiger partial charge in [-0.25, -0.2) is 4.98 Å². The summed E-state index contributed by atoms with van der Waals surface area (Å²) in [5.74, 6) is -1.46. The number of nitrogens with zero attached hydrogens (tertiary/aromatic N) is 3. The maximum Gasteiger partial charge on any atom is 0.471 e. The summed E-state index contributed by atoms with van der Waals surface area (Å²) in [7, 11) is 0. The minimum atomic E-state index is -4.69. The van der Waals surface area contributed by atoms with Crippen LogP contribution in [0.1, 0.15) is 21.9 Å². The Morgan fingerprint density at radius 2 is 1.96 bits per heavy atom. The van der Waals surface area contributed by atoms with Crippen LogP contribution >= 0.6 is 23.1 Å². The molecular weight excluding hydrogens is 375 g/mol. The molecule has 0 aliphatic heterocycles. The van der Waals surface area contributed by atoms with Crippen molar-refractivity contribution in [2.45, 2.75) is 17.4 Å². The van der Waals surface area contributed by atoms with E-state index in [1.807, 2.05) is 12.3 Å². The molecule has 0 atom stereocenters. The van der Waals surface area contributed by atoms with Gasteiger partial charge in [0.25, 0.3) is 0 Å². The molecule has 0 saturated heterocycles. The number of rotatable bonds is 5. The van der Waals surface area contributed by atoms with Crippen molar-refractivity contribution < 1.29 is 22.5 Å². The molecule has 0 aliphatic carbocycles. The maximum absolute atomic E-state index is 12.5. The van der Waals surface area contributed by atoms with Gasteiger partial charge >= 0.3 is 12.1 Å². The van der Waals surface area contributed by atoms with Crippen molar-refractivity contribution in [2.75, 3.05) is 5.75 Å². The van der Waals surface area contributed by atoms with Crippen LogP contribution in [0.25, 0.3) is 11.4 Å². The molecule has 0 amide bonds. The smallest absolute Gasteiger partial charge is 0.329 e. The van der Waals surface area contributed by atoms with E-state index in [-0.39, 0.29) is 17.4 Å². The van der Waals surface area contributed by atoms with Gasteiger partial charge in [0.15, 0.2) is 10.1 Å². The van der Waals surface area contributed by atoms with Crippen LogP contribution in [0.4, 0.5) is 13.2 Å². The first-order chi connectivity index (χ1) is 11.8. The summed E-state index contributed by atoms with van der Waals surface area (Å²) in [6.45, 7) is 1.88. The molecule has 0 spiro atoms. The highest BCUT2D eigenvalue weighted by Crippen LogP contribution is 2.29. The fourth-order valence-electron chi connectivity index (χ4n) is 1.87. The predicted octanol–water partition coefficient (Wildman–Crippen LogP) is 4.50. The van der Waals surface area contributed by atoms with Crippen molar-refractivity contribution in [3.05, 3.63) is 46.8 Å². The van der Waals surface area contributed by atoms with E-state index in [0.717, 1.165) is 10.0 Å². The van der Waals surface area contributed by atoms with Gasteiger partial charge in [0.1, 0.15) is 0 Å². The SMILES string of the molecule is Cc1csc(SCC(=O)c2ccc(-c3noc(C(F)(F)F)n3)cc2)n1. The Morgan fingerprint density at radius 1 is 1.24 bits per heavy atom. The fourth-order valence-corrected chi connectivity index (χ4v) is 3.61. The lowest BCUT2D eigenvalue weighted by Gasteiger charge is -2.01. The summed E-state index contributed by atoms with van der Waals surface area (Å²) >= 11 is 2.82. The third-order valence-corrected chi connectivity index (χ3v) is 5.20. The zero-order valence-corrected chi connectivity index (χ0v) is 14.3. The number of carbonyl (C=O) groups is 1.